The van der Waals surface area contributed by atoms with E-state index in [1.807, 2.05) is 0 Å². The first-order chi connectivity index (χ1) is 15.1. The van der Waals surface area contributed by atoms with Crippen molar-refractivity contribution in [2.24, 2.45) is 0 Å². The van der Waals surface area contributed by atoms with Crippen LogP contribution in [0.5, 0.6) is 0 Å². The molecule has 2 aromatic heterocycles. The number of nitrogens with one attached hydrogen (secondary N) is 1. The first-order valence-electron chi connectivity index (χ1n) is 10.6. The van der Waals surface area contributed by atoms with E-state index >= 15 is 0 Å². The van der Waals surface area contributed by atoms with Crippen LogP contribution in [-0.2, 0) is 35.8 Å². The number of nitrogens with two attached hydrogens (primary N) is 1. The van der Waals surface area contributed by atoms with Crippen molar-refractivity contribution in [1.29, 1.82) is 0 Å². The van der Waals surface area contributed by atoms with Crippen molar-refractivity contribution in [2.75, 3.05) is 11.5 Å². The van der Waals surface area contributed by atoms with E-state index in [9.17, 15) is 12.8 Å². The van der Waals surface area contributed by atoms with Crippen LogP contribution in [0.15, 0.2) is 12.1 Å². The Kier molecular flexibility index (Phi) is 6.68. The van der Waals surface area contributed by atoms with E-state index in [1.165, 1.54) is 11.1 Å². The molecule has 0 amide bonds. The fourth-order valence-electron chi connectivity index (χ4n) is 4.19. The summed E-state index contributed by atoms with van der Waals surface area (Å²) in [4.78, 5) is 12.1. The predicted molar refractivity (Wildman–Crippen MR) is 130 cm³/mol. The minimum absolute atomic E-state index is 0.0229. The summed E-state index contributed by atoms with van der Waals surface area (Å²) in [6.07, 6.45) is 3.25. The molecule has 0 unspecified atom stereocenters. The number of rotatable bonds is 8. The second-order valence-corrected chi connectivity index (χ2v) is 11.5. The molecule has 4 rings (SSSR count). The molecular formula is C21H26FIN6O2S. The van der Waals surface area contributed by atoms with E-state index in [1.54, 1.807) is 18.4 Å². The highest BCUT2D eigenvalue weighted by Gasteiger charge is 2.20. The Hall–Kier alpha value is -1.86. The van der Waals surface area contributed by atoms with Crippen LogP contribution in [0.25, 0.3) is 11.2 Å². The Morgan fingerprint density at radius 3 is 2.66 bits per heavy atom. The number of halogens is 2. The van der Waals surface area contributed by atoms with Gasteiger partial charge in [0, 0.05) is 22.6 Å². The van der Waals surface area contributed by atoms with Gasteiger partial charge in [-0.1, -0.05) is 6.07 Å². The van der Waals surface area contributed by atoms with E-state index in [4.69, 9.17) is 5.73 Å². The number of nitrogens with zero attached hydrogens (tertiary/aromatic N) is 4. The third-order valence-corrected chi connectivity index (χ3v) is 8.15. The normalized spacial score (nSPS) is 13.9. The predicted octanol–water partition coefficient (Wildman–Crippen LogP) is 2.95. The highest BCUT2D eigenvalue weighted by Crippen LogP contribution is 2.29. The van der Waals surface area contributed by atoms with Gasteiger partial charge in [0.2, 0.25) is 10.0 Å². The summed E-state index contributed by atoms with van der Waals surface area (Å²) >= 11 is 2.34. The number of imidazole rings is 1. The van der Waals surface area contributed by atoms with E-state index in [0.29, 0.717) is 30.7 Å². The summed E-state index contributed by atoms with van der Waals surface area (Å²) < 4.78 is 43.9. The van der Waals surface area contributed by atoms with E-state index in [2.05, 4.69) is 54.4 Å². The molecule has 1 aromatic carbocycles. The topological polar surface area (TPSA) is 116 Å². The molecule has 32 heavy (non-hydrogen) atoms. The van der Waals surface area contributed by atoms with Crippen LogP contribution >= 0.6 is 22.6 Å². The first-order valence-corrected chi connectivity index (χ1v) is 13.3. The van der Waals surface area contributed by atoms with E-state index in [-0.39, 0.29) is 23.3 Å². The standard InChI is InChI=1S/C21H26FIN6O2S/c1-12(2)28-32(30,31)8-4-7-29-17(25-18-19(24)26-21(22)27-20(18)29)11-15-9-13-5-3-6-14(13)10-16(15)23/h9-10,12,28H,3-8,11H2,1-2H3,(H2,24,26,27). The van der Waals surface area contributed by atoms with E-state index < -0.39 is 16.1 Å². The van der Waals surface area contributed by atoms with Crippen molar-refractivity contribution in [1.82, 2.24) is 24.2 Å². The van der Waals surface area contributed by atoms with Crippen LogP contribution < -0.4 is 10.5 Å². The van der Waals surface area contributed by atoms with Crippen LogP contribution in [-0.4, -0.2) is 39.7 Å². The van der Waals surface area contributed by atoms with Crippen molar-refractivity contribution in [2.45, 2.75) is 58.5 Å². The molecule has 0 atom stereocenters. The number of nitrogen functional groups attached to an aromatic ring is 1. The fraction of sp³-hybridized carbons (Fsp3) is 0.476. The lowest BCUT2D eigenvalue weighted by molar-refractivity contribution is 0.539. The van der Waals surface area contributed by atoms with Crippen molar-refractivity contribution in [3.8, 4) is 0 Å². The molecule has 8 nitrogen and oxygen atoms in total. The van der Waals surface area contributed by atoms with Gasteiger partial charge in [0.05, 0.1) is 5.75 Å². The maximum atomic E-state index is 13.9. The molecule has 3 aromatic rings. The summed E-state index contributed by atoms with van der Waals surface area (Å²) in [6, 6.07) is 4.28. The van der Waals surface area contributed by atoms with Crippen LogP contribution in [0, 0.1) is 9.65 Å². The summed E-state index contributed by atoms with van der Waals surface area (Å²) in [6.45, 7) is 3.88. The summed E-state index contributed by atoms with van der Waals surface area (Å²) in [5, 5.41) is 0. The molecule has 3 N–H and O–H groups in total. The SMILES string of the molecule is CC(C)NS(=O)(=O)CCCn1c(Cc2cc3c(cc2I)CCC3)nc2c(N)nc(F)nc21. The lowest BCUT2D eigenvalue weighted by atomic mass is 10.0. The van der Waals surface area contributed by atoms with Crippen LogP contribution in [0.3, 0.4) is 0 Å². The maximum Gasteiger partial charge on any atom is 0.312 e. The second kappa shape index (κ2) is 9.18. The molecule has 2 heterocycles. The fourth-order valence-corrected chi connectivity index (χ4v) is 6.26. The maximum absolute atomic E-state index is 13.9. The van der Waals surface area contributed by atoms with Gasteiger partial charge in [-0.2, -0.15) is 14.4 Å². The Labute approximate surface area is 200 Å². The highest BCUT2D eigenvalue weighted by molar-refractivity contribution is 14.1. The summed E-state index contributed by atoms with van der Waals surface area (Å²) in [5.41, 5.74) is 10.4. The zero-order chi connectivity index (χ0) is 23.0. The molecule has 11 heteroatoms. The molecule has 0 radical (unpaired) electrons. The summed E-state index contributed by atoms with van der Waals surface area (Å²) in [7, 11) is -3.41. The number of hydrogen-bond acceptors (Lipinski definition) is 6. The van der Waals surface area contributed by atoms with Gasteiger partial charge in [0.15, 0.2) is 17.0 Å². The molecule has 0 bridgehead atoms. The quantitative estimate of drug-likeness (QED) is 0.317. The van der Waals surface area contributed by atoms with Crippen molar-refractivity contribution < 1.29 is 12.8 Å². The largest absolute Gasteiger partial charge is 0.382 e. The molecule has 0 aliphatic heterocycles. The van der Waals surface area contributed by atoms with Gasteiger partial charge in [-0.25, -0.2) is 18.1 Å². The minimum Gasteiger partial charge on any atom is -0.382 e. The Bertz CT molecular complexity index is 1280. The lowest BCUT2D eigenvalue weighted by Gasteiger charge is -2.12. The number of sulfonamides is 1. The Morgan fingerprint density at radius 2 is 1.94 bits per heavy atom. The van der Waals surface area contributed by atoms with Crippen LogP contribution in [0.2, 0.25) is 0 Å². The molecule has 172 valence electrons. The lowest BCUT2D eigenvalue weighted by Crippen LogP contribution is -2.32. The van der Waals surface area contributed by atoms with Gasteiger partial charge in [-0.05, 0) is 84.9 Å². The Morgan fingerprint density at radius 1 is 1.22 bits per heavy atom. The second-order valence-electron chi connectivity index (χ2n) is 8.42. The van der Waals surface area contributed by atoms with Gasteiger partial charge >= 0.3 is 6.08 Å². The number of fused-ring (bicyclic) bond motifs is 2. The third-order valence-electron chi connectivity index (χ3n) is 5.49. The van der Waals surface area contributed by atoms with Crippen molar-refractivity contribution in [3.63, 3.8) is 0 Å². The molecular weight excluding hydrogens is 546 g/mol. The summed E-state index contributed by atoms with van der Waals surface area (Å²) in [5.74, 6) is 0.589. The molecule has 0 saturated heterocycles. The van der Waals surface area contributed by atoms with Gasteiger partial charge in [0.1, 0.15) is 5.82 Å². The van der Waals surface area contributed by atoms with Gasteiger partial charge < -0.3 is 10.3 Å². The van der Waals surface area contributed by atoms with Gasteiger partial charge in [-0.15, -0.1) is 0 Å². The molecule has 0 spiro atoms. The number of aryl methyl sites for hydroxylation is 3. The van der Waals surface area contributed by atoms with Crippen molar-refractivity contribution in [3.05, 3.63) is 44.3 Å². The average molecular weight is 572 g/mol. The monoisotopic (exact) mass is 572 g/mol. The number of benzene rings is 1. The van der Waals surface area contributed by atoms with Gasteiger partial charge in [0.25, 0.3) is 0 Å². The molecule has 1 aliphatic rings. The zero-order valence-corrected chi connectivity index (χ0v) is 21.0. The number of anilines is 1. The van der Waals surface area contributed by atoms with Crippen molar-refractivity contribution >= 4 is 49.6 Å². The number of hydrogen-bond donors (Lipinski definition) is 2. The average Bonchev–Trinajstić information content (AvgIpc) is 3.26. The first kappa shape index (κ1) is 23.3. The Balaban J connectivity index is 1.67. The smallest absolute Gasteiger partial charge is 0.312 e. The van der Waals surface area contributed by atoms with Crippen LogP contribution in [0.1, 0.15) is 49.2 Å². The van der Waals surface area contributed by atoms with Gasteiger partial charge in [-0.3, -0.25) is 0 Å². The zero-order valence-electron chi connectivity index (χ0n) is 18.0. The third kappa shape index (κ3) is 5.04. The van der Waals surface area contributed by atoms with Crippen LogP contribution in [0.4, 0.5) is 10.2 Å². The van der Waals surface area contributed by atoms with E-state index in [0.717, 1.165) is 28.4 Å². The molecule has 0 saturated carbocycles. The number of aromatic nitrogens is 4. The molecule has 1 aliphatic carbocycles. The molecule has 0 fully saturated rings. The minimum atomic E-state index is -3.41. The highest BCUT2D eigenvalue weighted by atomic mass is 127.